The third kappa shape index (κ3) is 2.44. The summed E-state index contributed by atoms with van der Waals surface area (Å²) in [6.45, 7) is 0. The fourth-order valence-electron chi connectivity index (χ4n) is 2.05. The molecule has 0 radical (unpaired) electrons. The smallest absolute Gasteiger partial charge is 0.240 e. The van der Waals surface area contributed by atoms with Gasteiger partial charge in [0.25, 0.3) is 0 Å². The van der Waals surface area contributed by atoms with Crippen LogP contribution in [0.25, 0.3) is 10.8 Å². The average Bonchev–Trinajstić information content (AvgIpc) is 2.50. The molecule has 3 aromatic carbocycles. The lowest BCUT2D eigenvalue weighted by Gasteiger charge is -2.08. The number of isocyanates is 1. The number of hydrogen-bond donors (Lipinski definition) is 0. The summed E-state index contributed by atoms with van der Waals surface area (Å²) in [5, 5.41) is 2.19. The molecule has 0 saturated heterocycles. The Morgan fingerprint density at radius 3 is 2.40 bits per heavy atom. The van der Waals surface area contributed by atoms with E-state index in [0.29, 0.717) is 11.4 Å². The lowest BCUT2D eigenvalue weighted by Crippen LogP contribution is -1.85. The first kappa shape index (κ1) is 12.2. The number of rotatable bonds is 3. The summed E-state index contributed by atoms with van der Waals surface area (Å²) in [5.74, 6) is 1.50. The lowest BCUT2D eigenvalue weighted by atomic mass is 10.1. The van der Waals surface area contributed by atoms with Gasteiger partial charge in [0.2, 0.25) is 6.08 Å². The van der Waals surface area contributed by atoms with Gasteiger partial charge < -0.3 is 4.74 Å². The molecule has 0 aliphatic rings. The van der Waals surface area contributed by atoms with Gasteiger partial charge in [0.1, 0.15) is 11.5 Å². The van der Waals surface area contributed by atoms with E-state index in [0.717, 1.165) is 16.5 Å². The highest BCUT2D eigenvalue weighted by Crippen LogP contribution is 2.30. The van der Waals surface area contributed by atoms with Crippen LogP contribution in [-0.4, -0.2) is 6.08 Å². The predicted octanol–water partition coefficient (Wildman–Crippen LogP) is 4.60. The Hall–Kier alpha value is -2.90. The van der Waals surface area contributed by atoms with Crippen LogP contribution in [0.3, 0.4) is 0 Å². The van der Waals surface area contributed by atoms with Gasteiger partial charge in [-0.15, -0.1) is 0 Å². The third-order valence-corrected chi connectivity index (χ3v) is 2.99. The zero-order valence-corrected chi connectivity index (χ0v) is 10.6. The SMILES string of the molecule is O=C=Nc1ccc(Oc2cccc3ccccc23)cc1. The van der Waals surface area contributed by atoms with Crippen LogP contribution in [0.5, 0.6) is 11.5 Å². The van der Waals surface area contributed by atoms with Crippen LogP contribution in [0, 0.1) is 0 Å². The topological polar surface area (TPSA) is 38.7 Å². The van der Waals surface area contributed by atoms with Crippen LogP contribution in [0.4, 0.5) is 5.69 Å². The highest BCUT2D eigenvalue weighted by molar-refractivity contribution is 5.88. The van der Waals surface area contributed by atoms with Crippen LogP contribution in [0.1, 0.15) is 0 Å². The molecule has 3 nitrogen and oxygen atoms in total. The molecule has 0 saturated carbocycles. The molecule has 0 aliphatic heterocycles. The van der Waals surface area contributed by atoms with Gasteiger partial charge >= 0.3 is 0 Å². The molecule has 0 aliphatic carbocycles. The predicted molar refractivity (Wildman–Crippen MR) is 78.2 cm³/mol. The highest BCUT2D eigenvalue weighted by Gasteiger charge is 2.02. The van der Waals surface area contributed by atoms with Gasteiger partial charge in [-0.2, -0.15) is 4.99 Å². The van der Waals surface area contributed by atoms with E-state index in [9.17, 15) is 4.79 Å². The first-order valence-corrected chi connectivity index (χ1v) is 6.20. The molecule has 96 valence electrons. The molecule has 0 fully saturated rings. The molecular formula is C17H11NO2. The maximum Gasteiger partial charge on any atom is 0.240 e. The number of fused-ring (bicyclic) bond motifs is 1. The Balaban J connectivity index is 1.95. The minimum atomic E-state index is 0.560. The Labute approximate surface area is 116 Å². The van der Waals surface area contributed by atoms with Gasteiger partial charge in [-0.1, -0.05) is 36.4 Å². The second-order valence-electron chi connectivity index (χ2n) is 4.28. The Morgan fingerprint density at radius 2 is 1.60 bits per heavy atom. The maximum absolute atomic E-state index is 10.2. The summed E-state index contributed by atoms with van der Waals surface area (Å²) in [7, 11) is 0. The van der Waals surface area contributed by atoms with E-state index in [2.05, 4.69) is 4.99 Å². The third-order valence-electron chi connectivity index (χ3n) is 2.99. The molecule has 0 amide bonds. The van der Waals surface area contributed by atoms with Gasteiger partial charge in [0, 0.05) is 5.39 Å². The fraction of sp³-hybridized carbons (Fsp3) is 0. The zero-order valence-electron chi connectivity index (χ0n) is 10.6. The minimum absolute atomic E-state index is 0.560. The molecule has 3 aromatic rings. The number of aliphatic imine (C=N–C) groups is 1. The lowest BCUT2D eigenvalue weighted by molar-refractivity contribution is 0.488. The van der Waals surface area contributed by atoms with E-state index >= 15 is 0 Å². The van der Waals surface area contributed by atoms with E-state index in [1.54, 1.807) is 24.3 Å². The first-order chi connectivity index (χ1) is 9.86. The molecule has 3 rings (SSSR count). The van der Waals surface area contributed by atoms with Crippen molar-refractivity contribution in [1.29, 1.82) is 0 Å². The minimum Gasteiger partial charge on any atom is -0.457 e. The molecule has 0 unspecified atom stereocenters. The van der Waals surface area contributed by atoms with Crippen molar-refractivity contribution in [2.75, 3.05) is 0 Å². The Kier molecular flexibility index (Phi) is 3.27. The van der Waals surface area contributed by atoms with Crippen molar-refractivity contribution in [3.63, 3.8) is 0 Å². The van der Waals surface area contributed by atoms with E-state index in [1.807, 2.05) is 42.5 Å². The maximum atomic E-state index is 10.2. The summed E-state index contributed by atoms with van der Waals surface area (Å²) in [5.41, 5.74) is 0.560. The van der Waals surface area contributed by atoms with Crippen molar-refractivity contribution in [3.05, 3.63) is 66.7 Å². The van der Waals surface area contributed by atoms with Crippen LogP contribution in [-0.2, 0) is 4.79 Å². The summed E-state index contributed by atoms with van der Waals surface area (Å²) in [6, 6.07) is 21.0. The van der Waals surface area contributed by atoms with Crippen LogP contribution in [0.2, 0.25) is 0 Å². The van der Waals surface area contributed by atoms with Crippen LogP contribution < -0.4 is 4.74 Å². The van der Waals surface area contributed by atoms with Crippen molar-refractivity contribution < 1.29 is 9.53 Å². The van der Waals surface area contributed by atoms with Crippen molar-refractivity contribution in [3.8, 4) is 11.5 Å². The number of nitrogens with zero attached hydrogens (tertiary/aromatic N) is 1. The summed E-state index contributed by atoms with van der Waals surface area (Å²) >= 11 is 0. The summed E-state index contributed by atoms with van der Waals surface area (Å²) in [4.78, 5) is 13.7. The molecule has 20 heavy (non-hydrogen) atoms. The quantitative estimate of drug-likeness (QED) is 0.510. The van der Waals surface area contributed by atoms with Crippen LogP contribution >= 0.6 is 0 Å². The van der Waals surface area contributed by atoms with E-state index in [4.69, 9.17) is 4.74 Å². The molecule has 0 N–H and O–H groups in total. The van der Waals surface area contributed by atoms with Crippen molar-refractivity contribution in [2.24, 2.45) is 4.99 Å². The van der Waals surface area contributed by atoms with Gasteiger partial charge in [-0.05, 0) is 35.7 Å². The van der Waals surface area contributed by atoms with Crippen molar-refractivity contribution in [2.45, 2.75) is 0 Å². The monoisotopic (exact) mass is 261 g/mol. The molecule has 0 atom stereocenters. The fourth-order valence-corrected chi connectivity index (χ4v) is 2.05. The number of hydrogen-bond acceptors (Lipinski definition) is 3. The normalized spacial score (nSPS) is 10.0. The zero-order chi connectivity index (χ0) is 13.8. The van der Waals surface area contributed by atoms with Gasteiger partial charge in [0.15, 0.2) is 0 Å². The van der Waals surface area contributed by atoms with E-state index in [1.165, 1.54) is 6.08 Å². The molecule has 0 bridgehead atoms. The van der Waals surface area contributed by atoms with Gasteiger partial charge in [-0.3, -0.25) is 0 Å². The molecule has 0 heterocycles. The van der Waals surface area contributed by atoms with E-state index in [-0.39, 0.29) is 0 Å². The molecule has 0 aromatic heterocycles. The highest BCUT2D eigenvalue weighted by atomic mass is 16.5. The van der Waals surface area contributed by atoms with Crippen LogP contribution in [0.15, 0.2) is 71.7 Å². The number of carbonyl (C=O) groups excluding carboxylic acids is 1. The van der Waals surface area contributed by atoms with Gasteiger partial charge in [0.05, 0.1) is 5.69 Å². The van der Waals surface area contributed by atoms with E-state index < -0.39 is 0 Å². The second kappa shape index (κ2) is 5.39. The first-order valence-electron chi connectivity index (χ1n) is 6.20. The number of benzene rings is 3. The summed E-state index contributed by atoms with van der Waals surface area (Å²) in [6.07, 6.45) is 1.51. The molecule has 0 spiro atoms. The van der Waals surface area contributed by atoms with Crippen molar-refractivity contribution >= 4 is 22.5 Å². The average molecular weight is 261 g/mol. The standard InChI is InChI=1S/C17H11NO2/c19-12-18-14-8-10-15(11-9-14)20-17-7-3-5-13-4-1-2-6-16(13)17/h1-11H. The number of ether oxygens (including phenoxy) is 1. The largest absolute Gasteiger partial charge is 0.457 e. The second-order valence-corrected chi connectivity index (χ2v) is 4.28. The molecular weight excluding hydrogens is 250 g/mol. The Morgan fingerprint density at radius 1 is 0.850 bits per heavy atom. The summed E-state index contributed by atoms with van der Waals surface area (Å²) < 4.78 is 5.88. The Bertz CT molecular complexity index is 782. The van der Waals surface area contributed by atoms with Crippen molar-refractivity contribution in [1.82, 2.24) is 0 Å². The molecule has 3 heteroatoms. The van der Waals surface area contributed by atoms with Gasteiger partial charge in [-0.25, -0.2) is 4.79 Å².